The standard InChI is InChI=1S/C30H30ClF2N7O2/c1-30(38-29(41)27-24(31)5-4-11-35-27)9-12-39(13-10-30)26-8-7-20(17-36-26)23-15-22(42-14-3-2-6-25(32)33)19-40-28(23)21(16-34)18-37-40/h4-5,7-8,11,15,17-19,25H,2-3,6,9-10,12-14H2,1H3,(H,38,41). The Kier molecular flexibility index (Phi) is 8.83. The molecule has 0 atom stereocenters. The van der Waals surface area contributed by atoms with Crippen LogP contribution in [0.3, 0.4) is 0 Å². The molecule has 1 fully saturated rings. The molecule has 4 aromatic rings. The molecule has 0 saturated carbocycles. The summed E-state index contributed by atoms with van der Waals surface area (Å²) in [7, 11) is 0. The summed E-state index contributed by atoms with van der Waals surface area (Å²) in [6.45, 7) is 3.70. The Morgan fingerprint density at radius 1 is 1.21 bits per heavy atom. The largest absolute Gasteiger partial charge is 0.492 e. The van der Waals surface area contributed by atoms with Gasteiger partial charge >= 0.3 is 0 Å². The number of amides is 1. The van der Waals surface area contributed by atoms with Crippen molar-refractivity contribution >= 4 is 28.8 Å². The number of hydrogen-bond acceptors (Lipinski definition) is 7. The molecule has 0 radical (unpaired) electrons. The zero-order chi connectivity index (χ0) is 29.7. The van der Waals surface area contributed by atoms with Crippen LogP contribution in [0, 0.1) is 11.3 Å². The number of pyridine rings is 3. The van der Waals surface area contributed by atoms with Gasteiger partial charge in [0, 0.05) is 48.6 Å². The van der Waals surface area contributed by atoms with Crippen molar-refractivity contribution in [3.63, 3.8) is 0 Å². The summed E-state index contributed by atoms with van der Waals surface area (Å²) < 4.78 is 32.3. The molecule has 42 heavy (non-hydrogen) atoms. The molecule has 12 heteroatoms. The smallest absolute Gasteiger partial charge is 0.271 e. The molecule has 0 unspecified atom stereocenters. The normalized spacial score (nSPS) is 14.6. The topological polar surface area (TPSA) is 108 Å². The fourth-order valence-electron chi connectivity index (χ4n) is 5.04. The van der Waals surface area contributed by atoms with Crippen LogP contribution in [0.15, 0.2) is 55.1 Å². The molecule has 0 bridgehead atoms. The van der Waals surface area contributed by atoms with Crippen LogP contribution in [0.4, 0.5) is 14.6 Å². The van der Waals surface area contributed by atoms with E-state index in [4.69, 9.17) is 21.3 Å². The van der Waals surface area contributed by atoms with Crippen LogP contribution in [0.2, 0.25) is 5.02 Å². The highest BCUT2D eigenvalue weighted by Crippen LogP contribution is 2.32. The van der Waals surface area contributed by atoms with E-state index < -0.39 is 12.0 Å². The number of fused-ring (bicyclic) bond motifs is 1. The van der Waals surface area contributed by atoms with Gasteiger partial charge in [0.1, 0.15) is 23.3 Å². The van der Waals surface area contributed by atoms with Gasteiger partial charge < -0.3 is 15.0 Å². The molecule has 0 aromatic carbocycles. The van der Waals surface area contributed by atoms with Crippen molar-refractivity contribution in [2.45, 2.75) is 51.0 Å². The Labute approximate surface area is 247 Å². The monoisotopic (exact) mass is 593 g/mol. The predicted octanol–water partition coefficient (Wildman–Crippen LogP) is 5.92. The van der Waals surface area contributed by atoms with Crippen molar-refractivity contribution in [1.82, 2.24) is 24.9 Å². The summed E-state index contributed by atoms with van der Waals surface area (Å²) in [6, 6.07) is 11.2. The third-order valence-corrected chi connectivity index (χ3v) is 7.74. The zero-order valence-corrected chi connectivity index (χ0v) is 23.8. The van der Waals surface area contributed by atoms with Gasteiger partial charge in [0.15, 0.2) is 0 Å². The van der Waals surface area contributed by atoms with Crippen molar-refractivity contribution in [2.24, 2.45) is 0 Å². The number of halogens is 3. The van der Waals surface area contributed by atoms with Crippen LogP contribution in [-0.4, -0.2) is 57.1 Å². The molecule has 1 saturated heterocycles. The Hall–Kier alpha value is -4.30. The van der Waals surface area contributed by atoms with Gasteiger partial charge in [0.2, 0.25) is 6.43 Å². The quantitative estimate of drug-likeness (QED) is 0.227. The maximum Gasteiger partial charge on any atom is 0.271 e. The predicted molar refractivity (Wildman–Crippen MR) is 155 cm³/mol. The summed E-state index contributed by atoms with van der Waals surface area (Å²) >= 11 is 6.15. The number of rotatable bonds is 10. The van der Waals surface area contributed by atoms with Crippen LogP contribution in [-0.2, 0) is 0 Å². The third-order valence-electron chi connectivity index (χ3n) is 7.43. The number of alkyl halides is 2. The Balaban J connectivity index is 1.27. The van der Waals surface area contributed by atoms with Gasteiger partial charge in [0.05, 0.1) is 35.1 Å². The van der Waals surface area contributed by atoms with E-state index in [1.165, 1.54) is 6.20 Å². The summed E-state index contributed by atoms with van der Waals surface area (Å²) in [5, 5.41) is 17.4. The van der Waals surface area contributed by atoms with Crippen molar-refractivity contribution < 1.29 is 18.3 Å². The molecule has 1 aliphatic rings. The summed E-state index contributed by atoms with van der Waals surface area (Å²) in [5.41, 5.74) is 2.38. The maximum atomic E-state index is 12.8. The Morgan fingerprint density at radius 3 is 2.71 bits per heavy atom. The molecule has 5 rings (SSSR count). The first-order valence-electron chi connectivity index (χ1n) is 13.7. The SMILES string of the molecule is CC1(NC(=O)c2ncccc2Cl)CCN(c2ccc(-c3cc(OCCCCC(F)F)cn4ncc(C#N)c34)cn2)CC1. The van der Waals surface area contributed by atoms with Crippen molar-refractivity contribution in [1.29, 1.82) is 5.26 Å². The van der Waals surface area contributed by atoms with Crippen molar-refractivity contribution in [3.8, 4) is 22.9 Å². The molecule has 0 spiro atoms. The number of piperidine rings is 1. The van der Waals surface area contributed by atoms with E-state index in [0.717, 1.165) is 16.9 Å². The maximum absolute atomic E-state index is 12.8. The molecule has 1 N–H and O–H groups in total. The minimum Gasteiger partial charge on any atom is -0.492 e. The van der Waals surface area contributed by atoms with Crippen molar-refractivity contribution in [2.75, 3.05) is 24.6 Å². The lowest BCUT2D eigenvalue weighted by Crippen LogP contribution is -2.53. The van der Waals surface area contributed by atoms with E-state index in [9.17, 15) is 18.8 Å². The zero-order valence-electron chi connectivity index (χ0n) is 23.1. The van der Waals surface area contributed by atoms with E-state index in [2.05, 4.69) is 26.4 Å². The fourth-order valence-corrected chi connectivity index (χ4v) is 5.25. The number of hydrogen-bond donors (Lipinski definition) is 1. The first-order valence-corrected chi connectivity index (χ1v) is 14.1. The van der Waals surface area contributed by atoms with E-state index in [1.807, 2.05) is 25.1 Å². The Bertz CT molecular complexity index is 1600. The number of unbranched alkanes of at least 4 members (excludes halogenated alkanes) is 1. The summed E-state index contributed by atoms with van der Waals surface area (Å²) in [5.74, 6) is 1.04. The number of carbonyl (C=O) groups is 1. The molecular weight excluding hydrogens is 564 g/mol. The lowest BCUT2D eigenvalue weighted by Gasteiger charge is -2.40. The van der Waals surface area contributed by atoms with E-state index in [1.54, 1.807) is 35.2 Å². The molecule has 5 heterocycles. The van der Waals surface area contributed by atoms with Gasteiger partial charge in [-0.15, -0.1) is 0 Å². The summed E-state index contributed by atoms with van der Waals surface area (Å²) in [6.07, 6.45) is 6.32. The van der Waals surface area contributed by atoms with E-state index >= 15 is 0 Å². The first-order chi connectivity index (χ1) is 20.3. The van der Waals surface area contributed by atoms with E-state index in [-0.39, 0.29) is 18.0 Å². The summed E-state index contributed by atoms with van der Waals surface area (Å²) in [4.78, 5) is 23.8. The number of carbonyl (C=O) groups excluding carboxylic acids is 1. The molecule has 9 nitrogen and oxygen atoms in total. The Morgan fingerprint density at radius 2 is 2.02 bits per heavy atom. The van der Waals surface area contributed by atoms with Gasteiger partial charge in [-0.05, 0) is 62.9 Å². The first kappa shape index (κ1) is 29.2. The molecule has 1 amide bonds. The lowest BCUT2D eigenvalue weighted by molar-refractivity contribution is 0.0886. The molecule has 218 valence electrons. The van der Waals surface area contributed by atoms with Crippen LogP contribution in [0.1, 0.15) is 55.1 Å². The van der Waals surface area contributed by atoms with Gasteiger partial charge in [0.25, 0.3) is 5.91 Å². The number of nitrogens with zero attached hydrogens (tertiary/aromatic N) is 6. The highest BCUT2D eigenvalue weighted by Gasteiger charge is 2.33. The van der Waals surface area contributed by atoms with Crippen LogP contribution < -0.4 is 15.0 Å². The van der Waals surface area contributed by atoms with Gasteiger partial charge in [-0.3, -0.25) is 4.79 Å². The number of nitriles is 1. The molecule has 0 aliphatic carbocycles. The average molecular weight is 594 g/mol. The number of nitrogens with one attached hydrogen (secondary N) is 1. The van der Waals surface area contributed by atoms with Gasteiger partial charge in [-0.25, -0.2) is 23.3 Å². The average Bonchev–Trinajstić information content (AvgIpc) is 3.40. The van der Waals surface area contributed by atoms with Crippen molar-refractivity contribution in [3.05, 3.63) is 71.4 Å². The number of anilines is 1. The minimum absolute atomic E-state index is 0.152. The number of ether oxygens (including phenoxy) is 1. The molecule has 4 aromatic heterocycles. The third kappa shape index (κ3) is 6.60. The van der Waals surface area contributed by atoms with E-state index in [0.29, 0.717) is 67.2 Å². The second-order valence-corrected chi connectivity index (χ2v) is 10.9. The second-order valence-electron chi connectivity index (χ2n) is 10.5. The molecular formula is C30H30ClF2N7O2. The van der Waals surface area contributed by atoms with Gasteiger partial charge in [-0.1, -0.05) is 11.6 Å². The highest BCUT2D eigenvalue weighted by atomic mass is 35.5. The minimum atomic E-state index is -2.32. The van der Waals surface area contributed by atoms with Gasteiger partial charge in [-0.2, -0.15) is 10.4 Å². The van der Waals surface area contributed by atoms with Crippen LogP contribution in [0.25, 0.3) is 16.6 Å². The second kappa shape index (κ2) is 12.7. The number of aromatic nitrogens is 4. The fraction of sp³-hybridized carbons (Fsp3) is 0.367. The van der Waals surface area contributed by atoms with Crippen LogP contribution >= 0.6 is 11.6 Å². The molecule has 1 aliphatic heterocycles. The highest BCUT2D eigenvalue weighted by molar-refractivity contribution is 6.33. The lowest BCUT2D eigenvalue weighted by atomic mass is 9.89. The van der Waals surface area contributed by atoms with Crippen LogP contribution in [0.5, 0.6) is 5.75 Å².